The monoisotopic (exact) mass is 316 g/mol. The predicted molar refractivity (Wildman–Crippen MR) is 73.8 cm³/mol. The number of carbonyl (C=O) groups excluding carboxylic acids is 1. The Bertz CT molecular complexity index is 425. The molecule has 0 saturated carbocycles. The van der Waals surface area contributed by atoms with Gasteiger partial charge in [-0.15, -0.1) is 0 Å². The van der Waals surface area contributed by atoms with Gasteiger partial charge in [-0.05, 0) is 26.0 Å². The highest BCUT2D eigenvalue weighted by Crippen LogP contribution is 2.20. The standard InChI is InChI=1S/C13H18BrFN2O/c1-4-17(3)13(18)8-16-9(2)11-6-5-10(14)7-12(11)15/h5-7,9,16H,4,8H2,1-3H3. The van der Waals surface area contributed by atoms with Crippen molar-refractivity contribution >= 4 is 21.8 Å². The molecule has 100 valence electrons. The van der Waals surface area contributed by atoms with Gasteiger partial charge in [0.1, 0.15) is 5.82 Å². The Labute approximate surface area is 115 Å². The molecule has 0 heterocycles. The lowest BCUT2D eigenvalue weighted by molar-refractivity contribution is -0.128. The molecule has 1 rings (SSSR count). The Hall–Kier alpha value is -0.940. The first-order chi connectivity index (χ1) is 8.45. The lowest BCUT2D eigenvalue weighted by atomic mass is 10.1. The van der Waals surface area contributed by atoms with Crippen molar-refractivity contribution in [3.63, 3.8) is 0 Å². The summed E-state index contributed by atoms with van der Waals surface area (Å²) in [5, 5.41) is 3.03. The molecule has 1 unspecified atom stereocenters. The molecular formula is C13H18BrFN2O. The summed E-state index contributed by atoms with van der Waals surface area (Å²) in [4.78, 5) is 13.2. The molecule has 0 aliphatic heterocycles. The number of nitrogens with one attached hydrogen (secondary N) is 1. The van der Waals surface area contributed by atoms with Crippen molar-refractivity contribution in [2.24, 2.45) is 0 Å². The summed E-state index contributed by atoms with van der Waals surface area (Å²) in [5.41, 5.74) is 0.560. The Morgan fingerprint density at radius 3 is 2.78 bits per heavy atom. The first kappa shape index (κ1) is 15.1. The fourth-order valence-corrected chi connectivity index (χ4v) is 1.85. The average Bonchev–Trinajstić information content (AvgIpc) is 2.34. The minimum Gasteiger partial charge on any atom is -0.345 e. The van der Waals surface area contributed by atoms with E-state index >= 15 is 0 Å². The van der Waals surface area contributed by atoms with E-state index in [1.807, 2.05) is 13.8 Å². The van der Waals surface area contributed by atoms with Crippen molar-refractivity contribution in [3.05, 3.63) is 34.1 Å². The van der Waals surface area contributed by atoms with Crippen LogP contribution in [0.1, 0.15) is 25.5 Å². The molecule has 0 aliphatic carbocycles. The average molecular weight is 317 g/mol. The number of amides is 1. The van der Waals surface area contributed by atoms with Gasteiger partial charge >= 0.3 is 0 Å². The molecule has 0 saturated heterocycles. The maximum Gasteiger partial charge on any atom is 0.236 e. The lowest BCUT2D eigenvalue weighted by Gasteiger charge is -2.18. The molecule has 0 radical (unpaired) electrons. The molecule has 18 heavy (non-hydrogen) atoms. The van der Waals surface area contributed by atoms with Crippen molar-refractivity contribution in [1.29, 1.82) is 0 Å². The van der Waals surface area contributed by atoms with Gasteiger partial charge in [0.2, 0.25) is 5.91 Å². The SMILES string of the molecule is CCN(C)C(=O)CNC(C)c1ccc(Br)cc1F. The van der Waals surface area contributed by atoms with Gasteiger partial charge in [0.25, 0.3) is 0 Å². The molecule has 1 atom stereocenters. The van der Waals surface area contributed by atoms with Crippen LogP contribution >= 0.6 is 15.9 Å². The molecule has 0 bridgehead atoms. The van der Waals surface area contributed by atoms with E-state index in [-0.39, 0.29) is 24.3 Å². The second kappa shape index (κ2) is 6.85. The van der Waals surface area contributed by atoms with E-state index in [9.17, 15) is 9.18 Å². The van der Waals surface area contributed by atoms with Crippen LogP contribution in [0.2, 0.25) is 0 Å². The highest BCUT2D eigenvalue weighted by atomic mass is 79.9. The van der Waals surface area contributed by atoms with Gasteiger partial charge in [-0.25, -0.2) is 4.39 Å². The smallest absolute Gasteiger partial charge is 0.236 e. The zero-order valence-electron chi connectivity index (χ0n) is 10.8. The molecule has 0 aliphatic rings. The van der Waals surface area contributed by atoms with Crippen LogP contribution in [-0.4, -0.2) is 30.9 Å². The van der Waals surface area contributed by atoms with E-state index in [1.54, 1.807) is 24.1 Å². The zero-order chi connectivity index (χ0) is 13.7. The van der Waals surface area contributed by atoms with Crippen molar-refractivity contribution in [1.82, 2.24) is 10.2 Å². The van der Waals surface area contributed by atoms with Crippen LogP contribution in [0.15, 0.2) is 22.7 Å². The summed E-state index contributed by atoms with van der Waals surface area (Å²) in [7, 11) is 1.74. The quantitative estimate of drug-likeness (QED) is 0.906. The Kier molecular flexibility index (Phi) is 5.75. The molecule has 5 heteroatoms. The second-order valence-corrected chi connectivity index (χ2v) is 5.09. The molecular weight excluding hydrogens is 299 g/mol. The fourth-order valence-electron chi connectivity index (χ4n) is 1.51. The van der Waals surface area contributed by atoms with E-state index in [0.717, 1.165) is 0 Å². The maximum atomic E-state index is 13.7. The van der Waals surface area contributed by atoms with Crippen LogP contribution in [0.4, 0.5) is 4.39 Å². The fraction of sp³-hybridized carbons (Fsp3) is 0.462. The van der Waals surface area contributed by atoms with Crippen LogP contribution in [-0.2, 0) is 4.79 Å². The van der Waals surface area contributed by atoms with E-state index in [0.29, 0.717) is 16.6 Å². The normalized spacial score (nSPS) is 12.3. The van der Waals surface area contributed by atoms with E-state index < -0.39 is 0 Å². The molecule has 1 N–H and O–H groups in total. The highest BCUT2D eigenvalue weighted by Gasteiger charge is 2.13. The van der Waals surface area contributed by atoms with Crippen LogP contribution in [0.5, 0.6) is 0 Å². The largest absolute Gasteiger partial charge is 0.345 e. The molecule has 0 aromatic heterocycles. The lowest BCUT2D eigenvalue weighted by Crippen LogP contribution is -2.36. The third-order valence-corrected chi connectivity index (χ3v) is 3.38. The maximum absolute atomic E-state index is 13.7. The number of nitrogens with zero attached hydrogens (tertiary/aromatic N) is 1. The molecule has 0 fully saturated rings. The van der Waals surface area contributed by atoms with Gasteiger partial charge in [0.05, 0.1) is 6.54 Å². The Morgan fingerprint density at radius 1 is 1.56 bits per heavy atom. The van der Waals surface area contributed by atoms with Gasteiger partial charge in [-0.2, -0.15) is 0 Å². The number of rotatable bonds is 5. The van der Waals surface area contributed by atoms with Crippen LogP contribution in [0, 0.1) is 5.82 Å². The van der Waals surface area contributed by atoms with Crippen molar-refractivity contribution in [2.75, 3.05) is 20.1 Å². The summed E-state index contributed by atoms with van der Waals surface area (Å²) >= 11 is 3.21. The molecule has 1 amide bonds. The number of likely N-dealkylation sites (N-methyl/N-ethyl adjacent to an activating group) is 1. The summed E-state index contributed by atoms with van der Waals surface area (Å²) < 4.78 is 14.4. The molecule has 3 nitrogen and oxygen atoms in total. The van der Waals surface area contributed by atoms with Crippen LogP contribution in [0.25, 0.3) is 0 Å². The van der Waals surface area contributed by atoms with Crippen molar-refractivity contribution in [3.8, 4) is 0 Å². The van der Waals surface area contributed by atoms with Gasteiger partial charge in [0, 0.05) is 29.7 Å². The third kappa shape index (κ3) is 4.07. The summed E-state index contributed by atoms with van der Waals surface area (Å²) in [6.45, 7) is 4.63. The van der Waals surface area contributed by atoms with E-state index in [4.69, 9.17) is 0 Å². The minimum absolute atomic E-state index is 0.00173. The minimum atomic E-state index is -0.277. The number of hydrogen-bond donors (Lipinski definition) is 1. The molecule has 0 spiro atoms. The highest BCUT2D eigenvalue weighted by molar-refractivity contribution is 9.10. The van der Waals surface area contributed by atoms with Gasteiger partial charge in [-0.3, -0.25) is 4.79 Å². The number of benzene rings is 1. The van der Waals surface area contributed by atoms with Crippen molar-refractivity contribution < 1.29 is 9.18 Å². The Balaban J connectivity index is 2.60. The third-order valence-electron chi connectivity index (χ3n) is 2.89. The first-order valence-electron chi connectivity index (χ1n) is 5.88. The number of halogens is 2. The van der Waals surface area contributed by atoms with Gasteiger partial charge in [0.15, 0.2) is 0 Å². The van der Waals surface area contributed by atoms with Crippen molar-refractivity contribution in [2.45, 2.75) is 19.9 Å². The number of hydrogen-bond acceptors (Lipinski definition) is 2. The first-order valence-corrected chi connectivity index (χ1v) is 6.67. The second-order valence-electron chi connectivity index (χ2n) is 4.18. The summed E-state index contributed by atoms with van der Waals surface area (Å²) in [5.74, 6) is -0.275. The van der Waals surface area contributed by atoms with Gasteiger partial charge in [-0.1, -0.05) is 22.0 Å². The topological polar surface area (TPSA) is 32.3 Å². The van der Waals surface area contributed by atoms with E-state index in [2.05, 4.69) is 21.2 Å². The summed E-state index contributed by atoms with van der Waals surface area (Å²) in [6, 6.07) is 4.72. The Morgan fingerprint density at radius 2 is 2.22 bits per heavy atom. The van der Waals surface area contributed by atoms with E-state index in [1.165, 1.54) is 6.07 Å². The number of carbonyl (C=O) groups is 1. The van der Waals surface area contributed by atoms with Gasteiger partial charge < -0.3 is 10.2 Å². The molecule has 1 aromatic rings. The summed E-state index contributed by atoms with van der Waals surface area (Å²) in [6.07, 6.45) is 0. The zero-order valence-corrected chi connectivity index (χ0v) is 12.4. The van der Waals surface area contributed by atoms with Crippen LogP contribution in [0.3, 0.4) is 0 Å². The van der Waals surface area contributed by atoms with Crippen LogP contribution < -0.4 is 5.32 Å². The predicted octanol–water partition coefficient (Wildman–Crippen LogP) is 2.72. The molecule has 1 aromatic carbocycles.